The van der Waals surface area contributed by atoms with Crippen LogP contribution in [0.1, 0.15) is 30.1 Å². The molecule has 0 N–H and O–H groups in total. The Morgan fingerprint density at radius 2 is 1.63 bits per heavy atom. The van der Waals surface area contributed by atoms with Crippen molar-refractivity contribution < 1.29 is 18.0 Å². The van der Waals surface area contributed by atoms with Gasteiger partial charge in [0.15, 0.2) is 0 Å². The number of amides is 1. The number of rotatable bonds is 5. The summed E-state index contributed by atoms with van der Waals surface area (Å²) in [5, 5.41) is 0. The van der Waals surface area contributed by atoms with Crippen LogP contribution in [0.15, 0.2) is 24.3 Å². The quantitative estimate of drug-likeness (QED) is 0.703. The second-order valence-electron chi connectivity index (χ2n) is 7.10. The third kappa shape index (κ3) is 4.50. The Bertz CT molecular complexity index is 763. The van der Waals surface area contributed by atoms with Crippen LogP contribution in [-0.2, 0) is 14.8 Å². The summed E-state index contributed by atoms with van der Waals surface area (Å²) in [5.74, 6) is 0.261. The molecule has 0 bridgehead atoms. The molecule has 1 aromatic rings. The molecule has 8 heteroatoms. The number of piperazine rings is 1. The molecule has 3 rings (SSSR count). The molecule has 2 aliphatic rings. The van der Waals surface area contributed by atoms with Gasteiger partial charge in [-0.05, 0) is 44.0 Å². The lowest BCUT2D eigenvalue weighted by Gasteiger charge is -2.38. The van der Waals surface area contributed by atoms with Crippen LogP contribution in [0, 0.1) is 5.92 Å². The molecule has 148 valence electrons. The van der Waals surface area contributed by atoms with E-state index in [1.165, 1.54) is 4.31 Å². The standard InChI is InChI=1S/C19H27N3O4S/c1-2-27(25,26)22-13-11-21(12-14-22)19(24)17-7-9-20(10-8-17)18-5-3-16(15-23)4-6-18/h3-6,15,17H,2,7-14H2,1H3. The monoisotopic (exact) mass is 393 g/mol. The fraction of sp³-hybridized carbons (Fsp3) is 0.579. The van der Waals surface area contributed by atoms with Crippen LogP contribution in [-0.4, -0.2) is 74.8 Å². The van der Waals surface area contributed by atoms with Gasteiger partial charge in [0.1, 0.15) is 6.29 Å². The van der Waals surface area contributed by atoms with Crippen molar-refractivity contribution in [1.29, 1.82) is 0 Å². The van der Waals surface area contributed by atoms with E-state index in [0.29, 0.717) is 31.7 Å². The topological polar surface area (TPSA) is 78.0 Å². The second-order valence-corrected chi connectivity index (χ2v) is 9.35. The number of benzene rings is 1. The molecule has 2 aliphatic heterocycles. The number of nitrogens with zero attached hydrogens (tertiary/aromatic N) is 3. The van der Waals surface area contributed by atoms with Crippen molar-refractivity contribution in [3.63, 3.8) is 0 Å². The lowest BCUT2D eigenvalue weighted by atomic mass is 9.94. The molecule has 0 unspecified atom stereocenters. The van der Waals surface area contributed by atoms with Gasteiger partial charge in [0, 0.05) is 56.4 Å². The number of sulfonamides is 1. The van der Waals surface area contributed by atoms with Crippen LogP contribution in [0.2, 0.25) is 0 Å². The van der Waals surface area contributed by atoms with Gasteiger partial charge in [-0.15, -0.1) is 0 Å². The van der Waals surface area contributed by atoms with E-state index in [4.69, 9.17) is 0 Å². The van der Waals surface area contributed by atoms with E-state index in [9.17, 15) is 18.0 Å². The first-order valence-corrected chi connectivity index (χ1v) is 11.1. The van der Waals surface area contributed by atoms with E-state index in [1.807, 2.05) is 29.2 Å². The Hall–Kier alpha value is -1.93. The van der Waals surface area contributed by atoms with Crippen molar-refractivity contribution in [2.75, 3.05) is 49.9 Å². The largest absolute Gasteiger partial charge is 0.371 e. The highest BCUT2D eigenvalue weighted by molar-refractivity contribution is 7.89. The van der Waals surface area contributed by atoms with Crippen LogP contribution in [0.25, 0.3) is 0 Å². The molecule has 0 aromatic heterocycles. The van der Waals surface area contributed by atoms with E-state index in [1.54, 1.807) is 6.92 Å². The maximum absolute atomic E-state index is 12.8. The summed E-state index contributed by atoms with van der Waals surface area (Å²) < 4.78 is 25.4. The second kappa shape index (κ2) is 8.39. The number of hydrogen-bond acceptors (Lipinski definition) is 5. The molecule has 2 heterocycles. The highest BCUT2D eigenvalue weighted by Gasteiger charge is 2.32. The van der Waals surface area contributed by atoms with Crippen molar-refractivity contribution >= 4 is 27.9 Å². The Kier molecular flexibility index (Phi) is 6.16. The molecule has 1 aromatic carbocycles. The highest BCUT2D eigenvalue weighted by atomic mass is 32.2. The van der Waals surface area contributed by atoms with Crippen LogP contribution in [0.3, 0.4) is 0 Å². The van der Waals surface area contributed by atoms with Crippen molar-refractivity contribution in [2.45, 2.75) is 19.8 Å². The first kappa shape index (κ1) is 19.8. The smallest absolute Gasteiger partial charge is 0.225 e. The number of carbonyl (C=O) groups is 2. The van der Waals surface area contributed by atoms with Crippen molar-refractivity contribution in [2.24, 2.45) is 5.92 Å². The van der Waals surface area contributed by atoms with Gasteiger partial charge in [-0.25, -0.2) is 8.42 Å². The Morgan fingerprint density at radius 1 is 1.04 bits per heavy atom. The molecule has 0 radical (unpaired) electrons. The van der Waals surface area contributed by atoms with E-state index >= 15 is 0 Å². The predicted molar refractivity (Wildman–Crippen MR) is 104 cm³/mol. The lowest BCUT2D eigenvalue weighted by Crippen LogP contribution is -2.53. The van der Waals surface area contributed by atoms with Gasteiger partial charge in [0.2, 0.25) is 15.9 Å². The Balaban J connectivity index is 1.51. The van der Waals surface area contributed by atoms with E-state index in [2.05, 4.69) is 4.90 Å². The van der Waals surface area contributed by atoms with Crippen molar-refractivity contribution in [1.82, 2.24) is 9.21 Å². The number of carbonyl (C=O) groups excluding carboxylic acids is 2. The zero-order valence-electron chi connectivity index (χ0n) is 15.7. The van der Waals surface area contributed by atoms with Gasteiger partial charge in [0.05, 0.1) is 5.75 Å². The molecule has 2 fully saturated rings. The molecule has 0 spiro atoms. The summed E-state index contributed by atoms with van der Waals surface area (Å²) in [6, 6.07) is 7.51. The molecule has 27 heavy (non-hydrogen) atoms. The highest BCUT2D eigenvalue weighted by Crippen LogP contribution is 2.25. The molecule has 0 atom stereocenters. The zero-order chi connectivity index (χ0) is 19.4. The van der Waals surface area contributed by atoms with Crippen LogP contribution in [0.4, 0.5) is 5.69 Å². The van der Waals surface area contributed by atoms with Gasteiger partial charge in [-0.1, -0.05) is 0 Å². The van der Waals surface area contributed by atoms with E-state index in [0.717, 1.165) is 37.9 Å². The molecule has 0 aliphatic carbocycles. The van der Waals surface area contributed by atoms with Crippen LogP contribution < -0.4 is 4.90 Å². The third-order valence-corrected chi connectivity index (χ3v) is 7.43. The van der Waals surface area contributed by atoms with Gasteiger partial charge in [-0.3, -0.25) is 9.59 Å². The van der Waals surface area contributed by atoms with E-state index < -0.39 is 10.0 Å². The number of anilines is 1. The van der Waals surface area contributed by atoms with Crippen LogP contribution >= 0.6 is 0 Å². The van der Waals surface area contributed by atoms with Gasteiger partial charge in [0.25, 0.3) is 0 Å². The number of piperidine rings is 1. The molecular formula is C19H27N3O4S. The summed E-state index contributed by atoms with van der Waals surface area (Å²) >= 11 is 0. The normalized spacial score (nSPS) is 19.9. The zero-order valence-corrected chi connectivity index (χ0v) is 16.5. The minimum atomic E-state index is -3.17. The summed E-state index contributed by atoms with van der Waals surface area (Å²) in [7, 11) is -3.17. The maximum Gasteiger partial charge on any atom is 0.225 e. The molecule has 1 amide bonds. The van der Waals surface area contributed by atoms with Gasteiger partial charge < -0.3 is 9.80 Å². The number of hydrogen-bond donors (Lipinski definition) is 0. The van der Waals surface area contributed by atoms with Crippen molar-refractivity contribution in [3.8, 4) is 0 Å². The van der Waals surface area contributed by atoms with Gasteiger partial charge in [-0.2, -0.15) is 4.31 Å². The molecule has 7 nitrogen and oxygen atoms in total. The average Bonchev–Trinajstić information content (AvgIpc) is 2.73. The minimum absolute atomic E-state index is 0.00447. The summed E-state index contributed by atoms with van der Waals surface area (Å²) in [6.45, 7) is 5.00. The third-order valence-electron chi connectivity index (χ3n) is 5.55. The summed E-state index contributed by atoms with van der Waals surface area (Å²) in [5.41, 5.74) is 1.73. The molecular weight excluding hydrogens is 366 g/mol. The average molecular weight is 394 g/mol. The molecule has 0 saturated carbocycles. The number of aldehydes is 1. The summed E-state index contributed by atoms with van der Waals surface area (Å²) in [4.78, 5) is 27.6. The van der Waals surface area contributed by atoms with E-state index in [-0.39, 0.29) is 17.6 Å². The lowest BCUT2D eigenvalue weighted by molar-refractivity contribution is -0.137. The van der Waals surface area contributed by atoms with Gasteiger partial charge >= 0.3 is 0 Å². The summed E-state index contributed by atoms with van der Waals surface area (Å²) in [6.07, 6.45) is 2.42. The first-order chi connectivity index (χ1) is 12.9. The van der Waals surface area contributed by atoms with Crippen molar-refractivity contribution in [3.05, 3.63) is 29.8 Å². The minimum Gasteiger partial charge on any atom is -0.371 e. The SMILES string of the molecule is CCS(=O)(=O)N1CCN(C(=O)C2CCN(c3ccc(C=O)cc3)CC2)CC1. The predicted octanol–water partition coefficient (Wildman–Crippen LogP) is 1.21. The first-order valence-electron chi connectivity index (χ1n) is 9.51. The van der Waals surface area contributed by atoms with Crippen LogP contribution in [0.5, 0.6) is 0 Å². The Morgan fingerprint density at radius 3 is 2.15 bits per heavy atom. The molecule has 2 saturated heterocycles. The fourth-order valence-electron chi connectivity index (χ4n) is 3.78. The fourth-order valence-corrected chi connectivity index (χ4v) is 4.86. The Labute approximate surface area is 161 Å². The maximum atomic E-state index is 12.8.